The van der Waals surface area contributed by atoms with Crippen LogP contribution >= 0.6 is 0 Å². The van der Waals surface area contributed by atoms with Gasteiger partial charge in [0.2, 0.25) is 11.8 Å². The zero-order valence-corrected chi connectivity index (χ0v) is 13.7. The number of nitrogens with zero attached hydrogens (tertiary/aromatic N) is 2. The van der Waals surface area contributed by atoms with Crippen molar-refractivity contribution < 1.29 is 9.59 Å². The Labute approximate surface area is 141 Å². The molecule has 1 unspecified atom stereocenters. The predicted octanol–water partition coefficient (Wildman–Crippen LogP) is 3.29. The highest BCUT2D eigenvalue weighted by molar-refractivity contribution is 5.91. The van der Waals surface area contributed by atoms with Crippen LogP contribution in [0.5, 0.6) is 0 Å². The van der Waals surface area contributed by atoms with E-state index in [9.17, 15) is 9.59 Å². The van der Waals surface area contributed by atoms with Gasteiger partial charge in [-0.05, 0) is 35.8 Å². The van der Waals surface area contributed by atoms with Gasteiger partial charge in [0.1, 0.15) is 5.82 Å². The van der Waals surface area contributed by atoms with E-state index in [2.05, 4.69) is 10.3 Å². The minimum Gasteiger partial charge on any atom is -0.311 e. The molecular weight excluding hydrogens is 302 g/mol. The number of pyridine rings is 1. The molecule has 0 bridgehead atoms. The van der Waals surface area contributed by atoms with E-state index in [-0.39, 0.29) is 24.3 Å². The Morgan fingerprint density at radius 1 is 1.21 bits per heavy atom. The highest BCUT2D eigenvalue weighted by Gasteiger charge is 2.28. The third kappa shape index (κ3) is 3.35. The summed E-state index contributed by atoms with van der Waals surface area (Å²) in [4.78, 5) is 30.1. The van der Waals surface area contributed by atoms with Crippen LogP contribution in [0.15, 0.2) is 48.8 Å². The first kappa shape index (κ1) is 15.9. The Morgan fingerprint density at radius 2 is 2.00 bits per heavy atom. The minimum atomic E-state index is -0.311. The summed E-state index contributed by atoms with van der Waals surface area (Å²) in [7, 11) is 0. The van der Waals surface area contributed by atoms with Gasteiger partial charge in [-0.25, -0.2) is 4.98 Å². The second kappa shape index (κ2) is 6.66. The molecule has 2 heterocycles. The molecule has 1 aliphatic rings. The molecule has 2 amide bonds. The highest BCUT2D eigenvalue weighted by atomic mass is 16.2. The van der Waals surface area contributed by atoms with Crippen molar-refractivity contribution in [2.24, 2.45) is 0 Å². The molecule has 5 heteroatoms. The van der Waals surface area contributed by atoms with Gasteiger partial charge in [0.15, 0.2) is 0 Å². The first-order valence-corrected chi connectivity index (χ1v) is 7.83. The number of anilines is 1. The summed E-state index contributed by atoms with van der Waals surface area (Å²) in [6.07, 6.45) is 5.52. The lowest BCUT2D eigenvalue weighted by molar-refractivity contribution is -0.129. The molecule has 3 rings (SSSR count). The summed E-state index contributed by atoms with van der Waals surface area (Å²) >= 11 is 0. The van der Waals surface area contributed by atoms with Gasteiger partial charge in [-0.2, -0.15) is 0 Å². The summed E-state index contributed by atoms with van der Waals surface area (Å²) in [6, 6.07) is 11.2. The normalized spacial score (nSPS) is 15.8. The number of hydrogen-bond donors (Lipinski definition) is 1. The van der Waals surface area contributed by atoms with Crippen LogP contribution in [0.2, 0.25) is 0 Å². The molecule has 1 N–H and O–H groups in total. The lowest BCUT2D eigenvalue weighted by Gasteiger charge is -2.32. The number of rotatable bonds is 3. The summed E-state index contributed by atoms with van der Waals surface area (Å²) in [5.74, 6) is 0.249. The third-order valence-electron chi connectivity index (χ3n) is 4.03. The van der Waals surface area contributed by atoms with Crippen LogP contribution in [0.25, 0.3) is 6.08 Å². The van der Waals surface area contributed by atoms with Crippen molar-refractivity contribution in [3.63, 3.8) is 0 Å². The van der Waals surface area contributed by atoms with Gasteiger partial charge in [-0.1, -0.05) is 30.3 Å². The molecular formula is C19H19N3O2. The Bertz CT molecular complexity index is 797. The fraction of sp³-hybridized carbons (Fsp3) is 0.211. The highest BCUT2D eigenvalue weighted by Crippen LogP contribution is 2.32. The van der Waals surface area contributed by atoms with Crippen molar-refractivity contribution >= 4 is 23.7 Å². The Balaban J connectivity index is 1.80. The van der Waals surface area contributed by atoms with E-state index < -0.39 is 0 Å². The molecule has 1 aromatic heterocycles. The summed E-state index contributed by atoms with van der Waals surface area (Å²) in [6.45, 7) is 3.44. The Kier molecular flexibility index (Phi) is 4.42. The van der Waals surface area contributed by atoms with E-state index in [0.717, 1.165) is 16.7 Å². The summed E-state index contributed by atoms with van der Waals surface area (Å²) in [5.41, 5.74) is 3.03. The van der Waals surface area contributed by atoms with E-state index in [4.69, 9.17) is 0 Å². The van der Waals surface area contributed by atoms with Crippen LogP contribution < -0.4 is 5.32 Å². The smallest absolute Gasteiger partial charge is 0.227 e. The molecule has 2 aromatic rings. The van der Waals surface area contributed by atoms with Gasteiger partial charge in [0.05, 0.1) is 12.5 Å². The first-order valence-electron chi connectivity index (χ1n) is 7.83. The minimum absolute atomic E-state index is 0.0907. The number of carbonyl (C=O) groups is 2. The molecule has 5 nitrogen and oxygen atoms in total. The number of fused-ring (bicyclic) bond motifs is 1. The van der Waals surface area contributed by atoms with Crippen molar-refractivity contribution in [2.75, 3.05) is 5.32 Å². The maximum Gasteiger partial charge on any atom is 0.227 e. The van der Waals surface area contributed by atoms with E-state index >= 15 is 0 Å². The molecule has 0 aliphatic carbocycles. The Morgan fingerprint density at radius 3 is 2.71 bits per heavy atom. The molecule has 24 heavy (non-hydrogen) atoms. The summed E-state index contributed by atoms with van der Waals surface area (Å²) < 4.78 is 0. The quantitative estimate of drug-likeness (QED) is 0.943. The summed E-state index contributed by atoms with van der Waals surface area (Å²) in [5, 5.41) is 2.79. The second-order valence-corrected chi connectivity index (χ2v) is 5.86. The number of carbonyl (C=O) groups excluding carboxylic acids is 2. The maximum atomic E-state index is 12.4. The van der Waals surface area contributed by atoms with Crippen molar-refractivity contribution in [3.05, 3.63) is 65.5 Å². The van der Waals surface area contributed by atoms with Gasteiger partial charge in [-0.3, -0.25) is 9.59 Å². The predicted molar refractivity (Wildman–Crippen MR) is 93.0 cm³/mol. The van der Waals surface area contributed by atoms with Gasteiger partial charge in [-0.15, -0.1) is 0 Å². The van der Waals surface area contributed by atoms with Crippen LogP contribution in [-0.4, -0.2) is 21.7 Å². The fourth-order valence-electron chi connectivity index (χ4n) is 2.82. The number of aromatic nitrogens is 1. The topological polar surface area (TPSA) is 62.3 Å². The van der Waals surface area contributed by atoms with Crippen LogP contribution in [0.1, 0.15) is 36.1 Å². The molecule has 1 aliphatic heterocycles. The molecule has 0 saturated carbocycles. The number of benzene rings is 1. The fourth-order valence-corrected chi connectivity index (χ4v) is 2.82. The number of hydrogen-bond acceptors (Lipinski definition) is 3. The number of aryl methyl sites for hydroxylation is 1. The molecule has 0 spiro atoms. The van der Waals surface area contributed by atoms with Crippen LogP contribution in [0.4, 0.5) is 5.82 Å². The monoisotopic (exact) mass is 321 g/mol. The van der Waals surface area contributed by atoms with Crippen molar-refractivity contribution in [2.45, 2.75) is 26.3 Å². The molecule has 1 atom stereocenters. The van der Waals surface area contributed by atoms with Crippen molar-refractivity contribution in [1.29, 1.82) is 0 Å². The second-order valence-electron chi connectivity index (χ2n) is 5.86. The first-order chi connectivity index (χ1) is 11.5. The van der Waals surface area contributed by atoms with Crippen LogP contribution in [-0.2, 0) is 9.59 Å². The average Bonchev–Trinajstić information content (AvgIpc) is 2.57. The molecule has 1 aromatic carbocycles. The van der Waals surface area contributed by atoms with Crippen LogP contribution in [0.3, 0.4) is 0 Å². The number of amides is 2. The molecule has 122 valence electrons. The maximum absolute atomic E-state index is 12.4. The number of nitrogens with one attached hydrogen (secondary N) is 1. The largest absolute Gasteiger partial charge is 0.311 e. The zero-order chi connectivity index (χ0) is 17.1. The van der Waals surface area contributed by atoms with E-state index in [1.54, 1.807) is 23.4 Å². The van der Waals surface area contributed by atoms with E-state index in [0.29, 0.717) is 5.82 Å². The van der Waals surface area contributed by atoms with Gasteiger partial charge >= 0.3 is 0 Å². The standard InChI is InChI=1S/C19H19N3O2/c1-13-7-8-18(20-12-13)21-19(24)11-17-16-6-4-3-5-15(16)9-10-22(17)14(2)23/h3-10,12,17H,11H2,1-2H3,(H,20,21,24). The lowest BCUT2D eigenvalue weighted by Crippen LogP contribution is -2.33. The van der Waals surface area contributed by atoms with Crippen molar-refractivity contribution in [3.8, 4) is 0 Å². The average molecular weight is 321 g/mol. The third-order valence-corrected chi connectivity index (χ3v) is 4.03. The SMILES string of the molecule is CC(=O)N1C=Cc2ccccc2C1CC(=O)Nc1ccc(C)cn1. The van der Waals surface area contributed by atoms with Gasteiger partial charge in [0, 0.05) is 19.3 Å². The van der Waals surface area contributed by atoms with Crippen molar-refractivity contribution in [1.82, 2.24) is 9.88 Å². The molecule has 0 saturated heterocycles. The van der Waals surface area contributed by atoms with Crippen LogP contribution in [0, 0.1) is 6.92 Å². The van der Waals surface area contributed by atoms with Gasteiger partial charge < -0.3 is 10.2 Å². The lowest BCUT2D eigenvalue weighted by atomic mass is 9.93. The molecule has 0 fully saturated rings. The van der Waals surface area contributed by atoms with E-state index in [1.807, 2.05) is 43.3 Å². The molecule has 0 radical (unpaired) electrons. The Hall–Kier alpha value is -2.95. The zero-order valence-electron chi connectivity index (χ0n) is 13.7. The van der Waals surface area contributed by atoms with Gasteiger partial charge in [0.25, 0.3) is 0 Å². The van der Waals surface area contributed by atoms with E-state index in [1.165, 1.54) is 6.92 Å².